The van der Waals surface area contributed by atoms with Crippen LogP contribution in [0, 0.1) is 23.7 Å². The van der Waals surface area contributed by atoms with Crippen LogP contribution in [-0.4, -0.2) is 139 Å². The van der Waals surface area contributed by atoms with Crippen molar-refractivity contribution < 1.29 is 48.1 Å². The third-order valence-corrected chi connectivity index (χ3v) is 13.3. The molecule has 64 heavy (non-hydrogen) atoms. The Balaban J connectivity index is 1.80. The number of benzene rings is 1. The number of carboxylic acids is 1. The highest BCUT2D eigenvalue weighted by Gasteiger charge is 2.43. The first-order valence-corrected chi connectivity index (χ1v) is 23.4. The van der Waals surface area contributed by atoms with Gasteiger partial charge in [0, 0.05) is 33.2 Å². The Morgan fingerprint density at radius 3 is 2.16 bits per heavy atom. The molecule has 9 atom stereocenters. The van der Waals surface area contributed by atoms with Gasteiger partial charge in [0.25, 0.3) is 0 Å². The molecule has 0 unspecified atom stereocenters. The lowest BCUT2D eigenvalue weighted by Gasteiger charge is -2.41. The van der Waals surface area contributed by atoms with Gasteiger partial charge in [-0.15, -0.1) is 11.3 Å². The van der Waals surface area contributed by atoms with Crippen molar-refractivity contribution in [2.75, 3.05) is 41.9 Å². The summed E-state index contributed by atoms with van der Waals surface area (Å²) in [5.74, 6) is -3.56. The molecular weight excluding hydrogens is 841 g/mol. The maximum absolute atomic E-state index is 14.4. The average Bonchev–Trinajstić information content (AvgIpc) is 3.94. The van der Waals surface area contributed by atoms with Crippen molar-refractivity contribution in [2.24, 2.45) is 23.7 Å². The molecule has 358 valence electrons. The normalized spacial score (nSPS) is 17.9. The zero-order valence-corrected chi connectivity index (χ0v) is 40.8. The van der Waals surface area contributed by atoms with E-state index in [1.807, 2.05) is 90.9 Å². The molecular formula is C47H74N6O10S. The van der Waals surface area contributed by atoms with Crippen molar-refractivity contribution >= 4 is 46.9 Å². The van der Waals surface area contributed by atoms with Crippen LogP contribution in [0.15, 0.2) is 35.7 Å². The molecule has 3 rings (SSSR count). The number of carboxylic acid groups (broad SMARTS) is 1. The predicted molar refractivity (Wildman–Crippen MR) is 245 cm³/mol. The molecule has 0 bridgehead atoms. The van der Waals surface area contributed by atoms with E-state index in [2.05, 4.69) is 15.6 Å². The second-order valence-electron chi connectivity index (χ2n) is 18.0. The zero-order valence-electron chi connectivity index (χ0n) is 40.0. The Hall–Kier alpha value is -4.45. The molecule has 0 aliphatic carbocycles. The predicted octanol–water partition coefficient (Wildman–Crippen LogP) is 5.10. The largest absolute Gasteiger partial charge is 0.481 e. The monoisotopic (exact) mass is 915 g/mol. The fraction of sp³-hybridized carbons (Fsp3) is 0.681. The highest BCUT2D eigenvalue weighted by molar-refractivity contribution is 7.09. The molecule has 1 aromatic heterocycles. The number of carbonyl (C=O) groups is 6. The van der Waals surface area contributed by atoms with Crippen molar-refractivity contribution in [1.82, 2.24) is 30.3 Å². The Kier molecular flexibility index (Phi) is 21.8. The SMILES string of the molecule is CC[C@@H](C)[C@@H]([C@H](CC(=O)N1CCC[C@@H]1[C@@H](OC)[C@H](C)C(=O)N[C@@H](Cc1ccccc1)c1nc(COC(=O)CCC(=O)O)cs1)OC)N(C)C(=O)[C@H](NC(=O)[C@@H](C(C)C)N(C)C)C(C)C. The van der Waals surface area contributed by atoms with Crippen LogP contribution in [0.5, 0.6) is 0 Å². The molecule has 16 nitrogen and oxygen atoms in total. The lowest BCUT2D eigenvalue weighted by atomic mass is 9.89. The molecule has 1 aromatic carbocycles. The molecule has 1 saturated heterocycles. The first-order chi connectivity index (χ1) is 30.2. The summed E-state index contributed by atoms with van der Waals surface area (Å²) >= 11 is 1.32. The van der Waals surface area contributed by atoms with Crippen LogP contribution in [0.4, 0.5) is 0 Å². The fourth-order valence-corrected chi connectivity index (χ4v) is 9.60. The quantitative estimate of drug-likeness (QED) is 0.106. The van der Waals surface area contributed by atoms with Gasteiger partial charge in [-0.05, 0) is 56.7 Å². The minimum Gasteiger partial charge on any atom is -0.481 e. The first kappa shape index (κ1) is 53.9. The molecule has 0 spiro atoms. The van der Waals surface area contributed by atoms with E-state index in [0.717, 1.165) is 12.0 Å². The van der Waals surface area contributed by atoms with Crippen LogP contribution in [0.3, 0.4) is 0 Å². The number of hydrogen-bond donors (Lipinski definition) is 3. The van der Waals surface area contributed by atoms with E-state index < -0.39 is 60.3 Å². The topological polar surface area (TPSA) is 197 Å². The molecule has 1 fully saturated rings. The minimum atomic E-state index is -1.09. The van der Waals surface area contributed by atoms with Gasteiger partial charge in [-0.25, -0.2) is 4.98 Å². The number of rotatable bonds is 26. The van der Waals surface area contributed by atoms with Gasteiger partial charge >= 0.3 is 11.9 Å². The number of likely N-dealkylation sites (N-methyl/N-ethyl adjacent to an activating group) is 2. The maximum Gasteiger partial charge on any atom is 0.306 e. The lowest BCUT2D eigenvalue weighted by molar-refractivity contribution is -0.148. The highest BCUT2D eigenvalue weighted by atomic mass is 32.1. The maximum atomic E-state index is 14.4. The summed E-state index contributed by atoms with van der Waals surface area (Å²) in [5, 5.41) is 17.5. The van der Waals surface area contributed by atoms with Gasteiger partial charge < -0.3 is 39.8 Å². The smallest absolute Gasteiger partial charge is 0.306 e. The van der Waals surface area contributed by atoms with Crippen LogP contribution in [-0.2, 0) is 56.0 Å². The molecule has 1 aliphatic rings. The van der Waals surface area contributed by atoms with E-state index in [-0.39, 0.29) is 67.3 Å². The fourth-order valence-electron chi connectivity index (χ4n) is 8.75. The number of hydrogen-bond acceptors (Lipinski definition) is 12. The number of methoxy groups -OCH3 is 2. The number of nitrogens with one attached hydrogen (secondary N) is 2. The van der Waals surface area contributed by atoms with Crippen LogP contribution >= 0.6 is 11.3 Å². The summed E-state index contributed by atoms with van der Waals surface area (Å²) in [5.41, 5.74) is 1.45. The number of thiazole rings is 1. The van der Waals surface area contributed by atoms with Crippen molar-refractivity contribution in [2.45, 2.75) is 142 Å². The second-order valence-corrected chi connectivity index (χ2v) is 18.8. The molecule has 4 amide bonds. The van der Waals surface area contributed by atoms with E-state index in [4.69, 9.17) is 19.3 Å². The molecule has 3 N–H and O–H groups in total. The standard InChI is InChI=1S/C47H74N6O10S/c1-13-30(6)42(52(10)47(60)40(28(2)3)50-45(59)41(29(4)5)51(8)9)36(61-11)25-37(54)53-23-17-20-35(53)43(62-12)31(7)44(58)49-34(24-32-18-15-14-16-19-32)46-48-33(27-64-46)26-63-39(57)22-21-38(55)56/h14-16,18-19,27-31,34-36,40-43H,13,17,20-26H2,1-12H3,(H,49,58)(H,50,59)(H,55,56)/t30-,31+,34+,35-,36+,40-,41-,42+,43+/m1/s1. The number of esters is 1. The van der Waals surface area contributed by atoms with E-state index >= 15 is 0 Å². The van der Waals surface area contributed by atoms with Crippen molar-refractivity contribution in [1.29, 1.82) is 0 Å². The van der Waals surface area contributed by atoms with Crippen molar-refractivity contribution in [3.05, 3.63) is 52.0 Å². The van der Waals surface area contributed by atoms with E-state index in [1.165, 1.54) is 11.3 Å². The molecule has 2 aromatic rings. The van der Waals surface area contributed by atoms with Crippen LogP contribution in [0.1, 0.15) is 109 Å². The number of aromatic nitrogens is 1. The van der Waals surface area contributed by atoms with Gasteiger partial charge in [-0.3, -0.25) is 33.7 Å². The molecule has 0 radical (unpaired) electrons. The Bertz CT molecular complexity index is 1820. The number of nitrogens with zero attached hydrogens (tertiary/aromatic N) is 4. The van der Waals surface area contributed by atoms with Crippen LogP contribution in [0.25, 0.3) is 0 Å². The van der Waals surface area contributed by atoms with Crippen LogP contribution < -0.4 is 10.6 Å². The van der Waals surface area contributed by atoms with Gasteiger partial charge in [0.15, 0.2) is 0 Å². The third kappa shape index (κ3) is 15.1. The van der Waals surface area contributed by atoms with Gasteiger partial charge in [-0.1, -0.05) is 85.2 Å². The Morgan fingerprint density at radius 2 is 1.59 bits per heavy atom. The van der Waals surface area contributed by atoms with E-state index in [9.17, 15) is 28.8 Å². The average molecular weight is 915 g/mol. The van der Waals surface area contributed by atoms with Gasteiger partial charge in [0.1, 0.15) is 17.7 Å². The number of aliphatic carboxylic acids is 1. The highest BCUT2D eigenvalue weighted by Crippen LogP contribution is 2.31. The van der Waals surface area contributed by atoms with Gasteiger partial charge in [0.2, 0.25) is 23.6 Å². The van der Waals surface area contributed by atoms with E-state index in [1.54, 1.807) is 43.4 Å². The number of ether oxygens (including phenoxy) is 3. The van der Waals surface area contributed by atoms with Gasteiger partial charge in [0.05, 0.1) is 67.2 Å². The summed E-state index contributed by atoms with van der Waals surface area (Å²) in [6.07, 6.45) is 0.593. The first-order valence-electron chi connectivity index (χ1n) is 22.5. The molecule has 0 saturated carbocycles. The molecule has 2 heterocycles. The number of carbonyl (C=O) groups excluding carboxylic acids is 5. The Labute approximate surface area is 384 Å². The van der Waals surface area contributed by atoms with E-state index in [0.29, 0.717) is 36.5 Å². The summed E-state index contributed by atoms with van der Waals surface area (Å²) in [4.78, 5) is 89.4. The summed E-state index contributed by atoms with van der Waals surface area (Å²) in [6, 6.07) is 7.03. The van der Waals surface area contributed by atoms with Crippen molar-refractivity contribution in [3.8, 4) is 0 Å². The molecule has 1 aliphatic heterocycles. The van der Waals surface area contributed by atoms with Crippen molar-refractivity contribution in [3.63, 3.8) is 0 Å². The minimum absolute atomic E-state index is 0.00814. The lowest BCUT2D eigenvalue weighted by Crippen LogP contribution is -2.59. The van der Waals surface area contributed by atoms with Gasteiger partial charge in [-0.2, -0.15) is 0 Å². The van der Waals surface area contributed by atoms with Crippen LogP contribution in [0.2, 0.25) is 0 Å². The Morgan fingerprint density at radius 1 is 0.922 bits per heavy atom. The number of amides is 4. The summed E-state index contributed by atoms with van der Waals surface area (Å²) in [7, 11) is 8.52. The second kappa shape index (κ2) is 25.9. The summed E-state index contributed by atoms with van der Waals surface area (Å²) in [6.45, 7) is 14.0. The summed E-state index contributed by atoms with van der Waals surface area (Å²) < 4.78 is 17.4. The number of likely N-dealkylation sites (tertiary alicyclic amines) is 1. The third-order valence-electron chi connectivity index (χ3n) is 12.3. The molecule has 17 heteroatoms. The zero-order chi connectivity index (χ0) is 47.8.